The zero-order valence-electron chi connectivity index (χ0n) is 12.1. The second kappa shape index (κ2) is 8.53. The summed E-state index contributed by atoms with van der Waals surface area (Å²) in [6, 6.07) is 6.10. The van der Waals surface area contributed by atoms with Gasteiger partial charge in [0.1, 0.15) is 0 Å². The molecule has 1 amide bonds. The summed E-state index contributed by atoms with van der Waals surface area (Å²) in [6.45, 7) is 8.48. The van der Waals surface area contributed by atoms with E-state index in [2.05, 4.69) is 36.6 Å². The number of hydrogen-bond acceptors (Lipinski definition) is 3. The minimum atomic E-state index is 0.00901. The maximum atomic E-state index is 11.6. The van der Waals surface area contributed by atoms with Crippen LogP contribution < -0.4 is 10.6 Å². The van der Waals surface area contributed by atoms with E-state index >= 15 is 0 Å². The first-order valence-corrected chi connectivity index (χ1v) is 6.79. The highest BCUT2D eigenvalue weighted by Crippen LogP contribution is 2.13. The van der Waals surface area contributed by atoms with Crippen molar-refractivity contribution < 1.29 is 9.53 Å². The highest BCUT2D eigenvalue weighted by atomic mass is 16.5. The van der Waals surface area contributed by atoms with Crippen molar-refractivity contribution >= 4 is 11.6 Å². The molecule has 0 spiro atoms. The van der Waals surface area contributed by atoms with Crippen LogP contribution in [0.25, 0.3) is 0 Å². The molecule has 0 aliphatic heterocycles. The molecule has 0 aliphatic carbocycles. The van der Waals surface area contributed by atoms with Crippen molar-refractivity contribution in [3.8, 4) is 0 Å². The lowest BCUT2D eigenvalue weighted by Crippen LogP contribution is -2.31. The lowest BCUT2D eigenvalue weighted by Gasteiger charge is -2.09. The third kappa shape index (κ3) is 6.25. The van der Waals surface area contributed by atoms with Crippen LogP contribution in [0.3, 0.4) is 0 Å². The molecule has 0 heterocycles. The molecule has 0 bridgehead atoms. The van der Waals surface area contributed by atoms with Crippen LogP contribution in [0, 0.1) is 13.8 Å². The quantitative estimate of drug-likeness (QED) is 0.708. The van der Waals surface area contributed by atoms with Gasteiger partial charge in [-0.3, -0.25) is 4.79 Å². The van der Waals surface area contributed by atoms with Gasteiger partial charge in [-0.25, -0.2) is 0 Å². The van der Waals surface area contributed by atoms with E-state index in [1.54, 1.807) is 0 Å². The Labute approximate surface area is 115 Å². The molecule has 1 aromatic rings. The van der Waals surface area contributed by atoms with Gasteiger partial charge in [0.05, 0.1) is 6.54 Å². The Kier molecular flexibility index (Phi) is 6.97. The van der Waals surface area contributed by atoms with E-state index in [0.717, 1.165) is 18.7 Å². The van der Waals surface area contributed by atoms with E-state index in [0.29, 0.717) is 19.7 Å². The second-order valence-electron chi connectivity index (χ2n) is 4.55. The minimum Gasteiger partial charge on any atom is -0.382 e. The third-order valence-electron chi connectivity index (χ3n) is 2.95. The lowest BCUT2D eigenvalue weighted by atomic mass is 10.1. The summed E-state index contributed by atoms with van der Waals surface area (Å²) < 4.78 is 5.20. The van der Waals surface area contributed by atoms with Gasteiger partial charge in [-0.2, -0.15) is 0 Å². The van der Waals surface area contributed by atoms with E-state index in [-0.39, 0.29) is 5.91 Å². The van der Waals surface area contributed by atoms with Crippen molar-refractivity contribution in [3.05, 3.63) is 29.3 Å². The number of hydrogen-bond donors (Lipinski definition) is 2. The summed E-state index contributed by atoms with van der Waals surface area (Å²) in [6.07, 6.45) is 0.850. The first kappa shape index (κ1) is 15.5. The van der Waals surface area contributed by atoms with Crippen molar-refractivity contribution in [2.24, 2.45) is 0 Å². The molecule has 1 rings (SSSR count). The number of carbonyl (C=O) groups is 1. The maximum absolute atomic E-state index is 11.6. The largest absolute Gasteiger partial charge is 0.382 e. The van der Waals surface area contributed by atoms with E-state index in [1.807, 2.05) is 13.0 Å². The molecule has 0 aromatic heterocycles. The first-order chi connectivity index (χ1) is 9.13. The molecule has 0 aliphatic rings. The molecule has 1 aromatic carbocycles. The van der Waals surface area contributed by atoms with Gasteiger partial charge in [0.2, 0.25) is 5.91 Å². The van der Waals surface area contributed by atoms with Crippen molar-refractivity contribution in [3.63, 3.8) is 0 Å². The monoisotopic (exact) mass is 264 g/mol. The van der Waals surface area contributed by atoms with Crippen LogP contribution in [0.15, 0.2) is 18.2 Å². The Bertz CT molecular complexity index is 405. The molecule has 0 saturated heterocycles. The molecule has 19 heavy (non-hydrogen) atoms. The van der Waals surface area contributed by atoms with E-state index < -0.39 is 0 Å². The van der Waals surface area contributed by atoms with E-state index in [9.17, 15) is 4.79 Å². The Morgan fingerprint density at radius 1 is 1.26 bits per heavy atom. The Hall–Kier alpha value is -1.55. The highest BCUT2D eigenvalue weighted by Gasteiger charge is 2.01. The average molecular weight is 264 g/mol. The fraction of sp³-hybridized carbons (Fsp3) is 0.533. The molecule has 0 unspecified atom stereocenters. The number of benzene rings is 1. The van der Waals surface area contributed by atoms with Crippen molar-refractivity contribution in [1.82, 2.24) is 5.32 Å². The molecule has 0 atom stereocenters. The number of ether oxygens (including phenoxy) is 1. The predicted molar refractivity (Wildman–Crippen MR) is 78.5 cm³/mol. The Balaban J connectivity index is 2.20. The van der Waals surface area contributed by atoms with E-state index in [4.69, 9.17) is 4.74 Å². The van der Waals surface area contributed by atoms with Gasteiger partial charge in [0.25, 0.3) is 0 Å². The van der Waals surface area contributed by atoms with Crippen LogP contribution in [0.1, 0.15) is 24.5 Å². The number of aryl methyl sites for hydroxylation is 2. The molecule has 0 radical (unpaired) electrons. The number of anilines is 1. The standard InChI is InChI=1S/C15H24N2O2/c1-4-19-9-5-8-16-15(18)11-17-14-7-6-12(2)13(3)10-14/h6-7,10,17H,4-5,8-9,11H2,1-3H3,(H,16,18). The summed E-state index contributed by atoms with van der Waals surface area (Å²) in [4.78, 5) is 11.6. The molecule has 4 heteroatoms. The van der Waals surface area contributed by atoms with Crippen molar-refractivity contribution in [2.45, 2.75) is 27.2 Å². The van der Waals surface area contributed by atoms with Gasteiger partial charge in [-0.05, 0) is 50.5 Å². The van der Waals surface area contributed by atoms with E-state index in [1.165, 1.54) is 11.1 Å². The molecular formula is C15H24N2O2. The first-order valence-electron chi connectivity index (χ1n) is 6.79. The maximum Gasteiger partial charge on any atom is 0.239 e. The van der Waals surface area contributed by atoms with Gasteiger partial charge in [-0.1, -0.05) is 6.07 Å². The molecule has 106 valence electrons. The summed E-state index contributed by atoms with van der Waals surface area (Å²) in [5, 5.41) is 5.98. The Morgan fingerprint density at radius 3 is 2.74 bits per heavy atom. The smallest absolute Gasteiger partial charge is 0.239 e. The fourth-order valence-electron chi connectivity index (χ4n) is 1.64. The van der Waals surface area contributed by atoms with Crippen LogP contribution in [0.4, 0.5) is 5.69 Å². The predicted octanol–water partition coefficient (Wildman–Crippen LogP) is 2.26. The number of amides is 1. The normalized spacial score (nSPS) is 10.3. The van der Waals surface area contributed by atoms with Crippen LogP contribution >= 0.6 is 0 Å². The third-order valence-corrected chi connectivity index (χ3v) is 2.95. The summed E-state index contributed by atoms with van der Waals surface area (Å²) in [5.74, 6) is 0.00901. The van der Waals surface area contributed by atoms with Crippen molar-refractivity contribution in [2.75, 3.05) is 31.6 Å². The minimum absolute atomic E-state index is 0.00901. The number of carbonyl (C=O) groups excluding carboxylic acids is 1. The zero-order chi connectivity index (χ0) is 14.1. The molecule has 2 N–H and O–H groups in total. The topological polar surface area (TPSA) is 50.4 Å². The average Bonchev–Trinajstić information content (AvgIpc) is 2.40. The van der Waals surface area contributed by atoms with Gasteiger partial charge >= 0.3 is 0 Å². The van der Waals surface area contributed by atoms with Gasteiger partial charge in [-0.15, -0.1) is 0 Å². The molecular weight excluding hydrogens is 240 g/mol. The molecule has 4 nitrogen and oxygen atoms in total. The number of rotatable bonds is 8. The lowest BCUT2D eigenvalue weighted by molar-refractivity contribution is -0.119. The SMILES string of the molecule is CCOCCCNC(=O)CNc1ccc(C)c(C)c1. The van der Waals surface area contributed by atoms with Crippen LogP contribution in [0.2, 0.25) is 0 Å². The summed E-state index contributed by atoms with van der Waals surface area (Å²) in [7, 11) is 0. The highest BCUT2D eigenvalue weighted by molar-refractivity contribution is 5.80. The van der Waals surface area contributed by atoms with Gasteiger partial charge in [0, 0.05) is 25.4 Å². The molecule has 0 saturated carbocycles. The van der Waals surface area contributed by atoms with Crippen LogP contribution in [-0.2, 0) is 9.53 Å². The summed E-state index contributed by atoms with van der Waals surface area (Å²) >= 11 is 0. The van der Waals surface area contributed by atoms with Crippen LogP contribution in [-0.4, -0.2) is 32.2 Å². The zero-order valence-corrected chi connectivity index (χ0v) is 12.1. The second-order valence-corrected chi connectivity index (χ2v) is 4.55. The fourth-order valence-corrected chi connectivity index (χ4v) is 1.64. The van der Waals surface area contributed by atoms with Gasteiger partial charge < -0.3 is 15.4 Å². The van der Waals surface area contributed by atoms with Crippen molar-refractivity contribution in [1.29, 1.82) is 0 Å². The summed E-state index contributed by atoms with van der Waals surface area (Å²) in [5.41, 5.74) is 3.46. The van der Waals surface area contributed by atoms with Crippen LogP contribution in [0.5, 0.6) is 0 Å². The molecule has 0 fully saturated rings. The number of nitrogens with one attached hydrogen (secondary N) is 2. The Morgan fingerprint density at radius 2 is 2.05 bits per heavy atom. The van der Waals surface area contributed by atoms with Gasteiger partial charge in [0.15, 0.2) is 0 Å².